The Hall–Kier alpha value is -2.08. The number of guanidine groups is 1. The molecule has 0 unspecified atom stereocenters. The van der Waals surface area contributed by atoms with Crippen LogP contribution in [0, 0.1) is 0 Å². The second kappa shape index (κ2) is 9.15. The second-order valence-electron chi connectivity index (χ2n) is 5.05. The van der Waals surface area contributed by atoms with Crippen molar-refractivity contribution in [1.29, 1.82) is 0 Å². The maximum Gasteiger partial charge on any atom is 0.228 e. The van der Waals surface area contributed by atoms with Crippen LogP contribution < -0.4 is 10.6 Å². The number of hydrogen-bond acceptors (Lipinski definition) is 4. The summed E-state index contributed by atoms with van der Waals surface area (Å²) in [4.78, 5) is 8.55. The zero-order valence-corrected chi connectivity index (χ0v) is 14.2. The molecule has 0 fully saturated rings. The third-order valence-corrected chi connectivity index (χ3v) is 3.50. The molecular formula is C16H22ClN5O. The number of rotatable bonds is 7. The standard InChI is InChI=1S/C16H22ClN5O/c1-3-4-10-19-16(18-2)20-11-9-14-21-15(22-23-14)12-5-7-13(17)8-6-12/h5-8H,3-4,9-11H2,1-2H3,(H2,18,19,20). The fraction of sp³-hybridized carbons (Fsp3) is 0.438. The topological polar surface area (TPSA) is 75.3 Å². The molecule has 0 spiro atoms. The largest absolute Gasteiger partial charge is 0.356 e. The Bertz CT molecular complexity index is 624. The number of nitrogens with one attached hydrogen (secondary N) is 2. The van der Waals surface area contributed by atoms with Crippen molar-refractivity contribution in [1.82, 2.24) is 20.8 Å². The van der Waals surface area contributed by atoms with Gasteiger partial charge in [-0.3, -0.25) is 4.99 Å². The van der Waals surface area contributed by atoms with Gasteiger partial charge in [-0.05, 0) is 30.7 Å². The van der Waals surface area contributed by atoms with Gasteiger partial charge in [0.1, 0.15) is 0 Å². The lowest BCUT2D eigenvalue weighted by molar-refractivity contribution is 0.378. The van der Waals surface area contributed by atoms with E-state index in [4.69, 9.17) is 16.1 Å². The summed E-state index contributed by atoms with van der Waals surface area (Å²) >= 11 is 5.87. The van der Waals surface area contributed by atoms with Gasteiger partial charge in [0, 0.05) is 37.1 Å². The molecule has 1 aromatic carbocycles. The molecule has 0 bridgehead atoms. The number of benzene rings is 1. The summed E-state index contributed by atoms with van der Waals surface area (Å²) in [6.07, 6.45) is 2.91. The Labute approximate surface area is 141 Å². The van der Waals surface area contributed by atoms with Gasteiger partial charge in [-0.25, -0.2) is 0 Å². The Morgan fingerprint density at radius 1 is 1.22 bits per heavy atom. The van der Waals surface area contributed by atoms with Crippen LogP contribution >= 0.6 is 11.6 Å². The number of aromatic nitrogens is 2. The second-order valence-corrected chi connectivity index (χ2v) is 5.48. The SMILES string of the molecule is CCCCNC(=NC)NCCc1nc(-c2ccc(Cl)cc2)no1. The quantitative estimate of drug-likeness (QED) is 0.462. The minimum absolute atomic E-state index is 0.571. The molecular weight excluding hydrogens is 314 g/mol. The van der Waals surface area contributed by atoms with Gasteiger partial charge in [-0.1, -0.05) is 30.1 Å². The normalized spacial score (nSPS) is 11.5. The van der Waals surface area contributed by atoms with Crippen LogP contribution in [0.5, 0.6) is 0 Å². The maximum atomic E-state index is 5.87. The average molecular weight is 336 g/mol. The Morgan fingerprint density at radius 3 is 2.65 bits per heavy atom. The van der Waals surface area contributed by atoms with Gasteiger partial charge in [0.15, 0.2) is 5.96 Å². The third kappa shape index (κ3) is 5.56. The lowest BCUT2D eigenvalue weighted by Crippen LogP contribution is -2.38. The average Bonchev–Trinajstić information content (AvgIpc) is 3.03. The highest BCUT2D eigenvalue weighted by atomic mass is 35.5. The fourth-order valence-corrected chi connectivity index (χ4v) is 2.09. The molecule has 2 N–H and O–H groups in total. The highest BCUT2D eigenvalue weighted by molar-refractivity contribution is 6.30. The zero-order chi connectivity index (χ0) is 16.5. The van der Waals surface area contributed by atoms with Crippen molar-refractivity contribution in [2.24, 2.45) is 4.99 Å². The summed E-state index contributed by atoms with van der Waals surface area (Å²) in [7, 11) is 1.76. The van der Waals surface area contributed by atoms with E-state index >= 15 is 0 Å². The van der Waals surface area contributed by atoms with Gasteiger partial charge in [0.2, 0.25) is 11.7 Å². The molecule has 0 saturated heterocycles. The van der Waals surface area contributed by atoms with Crippen LogP contribution in [0.4, 0.5) is 0 Å². The predicted molar refractivity (Wildman–Crippen MR) is 92.7 cm³/mol. The van der Waals surface area contributed by atoms with E-state index in [1.165, 1.54) is 0 Å². The number of aliphatic imine (C=N–C) groups is 1. The van der Waals surface area contributed by atoms with Crippen molar-refractivity contribution < 1.29 is 4.52 Å². The van der Waals surface area contributed by atoms with Crippen molar-refractivity contribution in [3.8, 4) is 11.4 Å². The van der Waals surface area contributed by atoms with Crippen LogP contribution in [-0.2, 0) is 6.42 Å². The minimum atomic E-state index is 0.571. The van der Waals surface area contributed by atoms with E-state index in [2.05, 4.69) is 32.7 Å². The third-order valence-electron chi connectivity index (χ3n) is 3.25. The summed E-state index contributed by atoms with van der Waals surface area (Å²) in [5, 5.41) is 11.2. The van der Waals surface area contributed by atoms with E-state index in [1.54, 1.807) is 19.2 Å². The van der Waals surface area contributed by atoms with Crippen molar-refractivity contribution in [3.63, 3.8) is 0 Å². The van der Waals surface area contributed by atoms with Crippen LogP contribution in [0.25, 0.3) is 11.4 Å². The molecule has 0 aliphatic heterocycles. The number of nitrogens with zero attached hydrogens (tertiary/aromatic N) is 3. The van der Waals surface area contributed by atoms with Crippen molar-refractivity contribution in [2.45, 2.75) is 26.2 Å². The number of unbranched alkanes of at least 4 members (excludes halogenated alkanes) is 1. The highest BCUT2D eigenvalue weighted by Gasteiger charge is 2.08. The summed E-state index contributed by atoms with van der Waals surface area (Å²) in [6.45, 7) is 3.75. The van der Waals surface area contributed by atoms with E-state index in [9.17, 15) is 0 Å². The molecule has 2 rings (SSSR count). The molecule has 0 saturated carbocycles. The lowest BCUT2D eigenvalue weighted by Gasteiger charge is -2.10. The molecule has 7 heteroatoms. The molecule has 0 radical (unpaired) electrons. The fourth-order valence-electron chi connectivity index (χ4n) is 1.96. The van der Waals surface area contributed by atoms with E-state index in [0.29, 0.717) is 29.7 Å². The molecule has 6 nitrogen and oxygen atoms in total. The van der Waals surface area contributed by atoms with Crippen LogP contribution in [0.1, 0.15) is 25.7 Å². The van der Waals surface area contributed by atoms with Crippen molar-refractivity contribution >= 4 is 17.6 Å². The predicted octanol–water partition coefficient (Wildman–Crippen LogP) is 2.90. The first-order valence-electron chi connectivity index (χ1n) is 7.76. The van der Waals surface area contributed by atoms with Crippen LogP contribution in [0.2, 0.25) is 5.02 Å². The van der Waals surface area contributed by atoms with Gasteiger partial charge in [0.05, 0.1) is 0 Å². The van der Waals surface area contributed by atoms with E-state index < -0.39 is 0 Å². The molecule has 2 aromatic rings. The smallest absolute Gasteiger partial charge is 0.228 e. The van der Waals surface area contributed by atoms with E-state index in [-0.39, 0.29) is 0 Å². The molecule has 1 heterocycles. The zero-order valence-electron chi connectivity index (χ0n) is 13.5. The van der Waals surface area contributed by atoms with Gasteiger partial charge in [-0.2, -0.15) is 4.98 Å². The first-order valence-corrected chi connectivity index (χ1v) is 8.13. The van der Waals surface area contributed by atoms with Crippen molar-refractivity contribution in [2.75, 3.05) is 20.1 Å². The minimum Gasteiger partial charge on any atom is -0.356 e. The Morgan fingerprint density at radius 2 is 1.96 bits per heavy atom. The summed E-state index contributed by atoms with van der Waals surface area (Å²) < 4.78 is 5.27. The first kappa shape index (κ1) is 17.3. The van der Waals surface area contributed by atoms with Gasteiger partial charge in [0.25, 0.3) is 0 Å². The van der Waals surface area contributed by atoms with Crippen molar-refractivity contribution in [3.05, 3.63) is 35.2 Å². The van der Waals surface area contributed by atoms with Crippen LogP contribution in [0.15, 0.2) is 33.8 Å². The summed E-state index contributed by atoms with van der Waals surface area (Å²) in [6, 6.07) is 7.35. The van der Waals surface area contributed by atoms with Gasteiger partial charge in [-0.15, -0.1) is 0 Å². The molecule has 0 atom stereocenters. The molecule has 1 aromatic heterocycles. The summed E-state index contributed by atoms with van der Waals surface area (Å²) in [5.74, 6) is 1.95. The highest BCUT2D eigenvalue weighted by Crippen LogP contribution is 2.18. The van der Waals surface area contributed by atoms with Gasteiger partial charge < -0.3 is 15.2 Å². The van der Waals surface area contributed by atoms with Crippen LogP contribution in [-0.4, -0.2) is 36.2 Å². The number of hydrogen-bond donors (Lipinski definition) is 2. The Balaban J connectivity index is 1.81. The lowest BCUT2D eigenvalue weighted by atomic mass is 10.2. The van der Waals surface area contributed by atoms with E-state index in [1.807, 2.05) is 12.1 Å². The molecule has 124 valence electrons. The molecule has 0 aliphatic rings. The summed E-state index contributed by atoms with van der Waals surface area (Å²) in [5.41, 5.74) is 0.884. The monoisotopic (exact) mass is 335 g/mol. The molecule has 23 heavy (non-hydrogen) atoms. The van der Waals surface area contributed by atoms with Crippen LogP contribution in [0.3, 0.4) is 0 Å². The Kier molecular flexibility index (Phi) is 6.87. The van der Waals surface area contributed by atoms with Gasteiger partial charge >= 0.3 is 0 Å². The number of halogens is 1. The van der Waals surface area contributed by atoms with E-state index in [0.717, 1.165) is 30.9 Å². The molecule has 0 aliphatic carbocycles. The maximum absolute atomic E-state index is 5.87. The molecule has 0 amide bonds. The first-order chi connectivity index (χ1) is 11.2.